The van der Waals surface area contributed by atoms with Crippen LogP contribution >= 0.6 is 0 Å². The molecule has 5 heteroatoms. The second kappa shape index (κ2) is 5.35. The first-order chi connectivity index (χ1) is 8.70. The fourth-order valence-electron chi connectivity index (χ4n) is 1.49. The molecule has 2 aromatic heterocycles. The summed E-state index contributed by atoms with van der Waals surface area (Å²) in [4.78, 5) is 8.36. The highest BCUT2D eigenvalue weighted by molar-refractivity contribution is 5.70. The number of hydrogen-bond donors (Lipinski definition) is 2. The zero-order valence-electron chi connectivity index (χ0n) is 10.5. The van der Waals surface area contributed by atoms with E-state index in [1.807, 2.05) is 26.0 Å². The number of aromatic nitrogens is 2. The van der Waals surface area contributed by atoms with Crippen molar-refractivity contribution in [2.24, 2.45) is 0 Å². The molecule has 2 aromatic rings. The van der Waals surface area contributed by atoms with Crippen LogP contribution in [0.4, 0.5) is 17.2 Å². The van der Waals surface area contributed by atoms with E-state index in [0.717, 1.165) is 11.3 Å². The average Bonchev–Trinajstić information content (AvgIpc) is 2.38. The Morgan fingerprint density at radius 1 is 1.28 bits per heavy atom. The van der Waals surface area contributed by atoms with E-state index >= 15 is 0 Å². The van der Waals surface area contributed by atoms with Crippen molar-refractivity contribution in [2.45, 2.75) is 13.8 Å². The van der Waals surface area contributed by atoms with Crippen molar-refractivity contribution in [3.05, 3.63) is 36.2 Å². The summed E-state index contributed by atoms with van der Waals surface area (Å²) in [7, 11) is 0. The van der Waals surface area contributed by atoms with E-state index in [4.69, 9.17) is 10.5 Å². The summed E-state index contributed by atoms with van der Waals surface area (Å²) in [5.41, 5.74) is 8.40. The molecule has 0 amide bonds. The molecule has 0 spiro atoms. The molecule has 3 N–H and O–H groups in total. The minimum atomic E-state index is 0.603. The topological polar surface area (TPSA) is 73.1 Å². The Labute approximate surface area is 106 Å². The number of rotatable bonds is 4. The maximum atomic E-state index is 5.94. The van der Waals surface area contributed by atoms with Crippen LogP contribution in [-0.4, -0.2) is 16.6 Å². The third-order valence-electron chi connectivity index (χ3n) is 2.50. The van der Waals surface area contributed by atoms with Gasteiger partial charge in [-0.3, -0.25) is 0 Å². The number of aryl methyl sites for hydroxylation is 1. The fourth-order valence-corrected chi connectivity index (χ4v) is 1.49. The highest BCUT2D eigenvalue weighted by atomic mass is 16.5. The van der Waals surface area contributed by atoms with Gasteiger partial charge in [-0.1, -0.05) is 0 Å². The van der Waals surface area contributed by atoms with Crippen LogP contribution < -0.4 is 15.8 Å². The highest BCUT2D eigenvalue weighted by Gasteiger charge is 2.04. The van der Waals surface area contributed by atoms with Crippen molar-refractivity contribution in [2.75, 3.05) is 17.7 Å². The van der Waals surface area contributed by atoms with E-state index in [2.05, 4.69) is 15.3 Å². The Hall–Kier alpha value is -2.30. The third-order valence-corrected chi connectivity index (χ3v) is 2.50. The fraction of sp³-hybridized carbons (Fsp3) is 0.231. The minimum absolute atomic E-state index is 0.603. The SMILES string of the molecule is CCOc1ccc(Nc2nccc(C)c2N)cn1. The molecule has 0 bridgehead atoms. The van der Waals surface area contributed by atoms with Gasteiger partial charge in [-0.2, -0.15) is 0 Å². The van der Waals surface area contributed by atoms with Gasteiger partial charge >= 0.3 is 0 Å². The number of anilines is 3. The van der Waals surface area contributed by atoms with Gasteiger partial charge in [0.25, 0.3) is 0 Å². The minimum Gasteiger partial charge on any atom is -0.478 e. The molecule has 0 saturated carbocycles. The van der Waals surface area contributed by atoms with Crippen LogP contribution in [0.2, 0.25) is 0 Å². The molecule has 0 aliphatic carbocycles. The van der Waals surface area contributed by atoms with Crippen molar-refractivity contribution in [3.63, 3.8) is 0 Å². The van der Waals surface area contributed by atoms with Crippen LogP contribution in [0.3, 0.4) is 0 Å². The molecule has 0 atom stereocenters. The van der Waals surface area contributed by atoms with Crippen molar-refractivity contribution in [1.29, 1.82) is 0 Å². The number of nitrogen functional groups attached to an aromatic ring is 1. The summed E-state index contributed by atoms with van der Waals surface area (Å²) < 4.78 is 5.27. The summed E-state index contributed by atoms with van der Waals surface area (Å²) in [6, 6.07) is 5.55. The number of hydrogen-bond acceptors (Lipinski definition) is 5. The van der Waals surface area contributed by atoms with Gasteiger partial charge in [0.1, 0.15) is 0 Å². The third kappa shape index (κ3) is 2.68. The zero-order chi connectivity index (χ0) is 13.0. The Morgan fingerprint density at radius 2 is 2.11 bits per heavy atom. The number of nitrogens with two attached hydrogens (primary N) is 1. The van der Waals surface area contributed by atoms with Gasteiger partial charge in [-0.25, -0.2) is 9.97 Å². The van der Waals surface area contributed by atoms with Crippen LogP contribution in [0.1, 0.15) is 12.5 Å². The second-order valence-electron chi connectivity index (χ2n) is 3.83. The number of nitrogens with one attached hydrogen (secondary N) is 1. The van der Waals surface area contributed by atoms with Crippen LogP contribution in [0.25, 0.3) is 0 Å². The molecule has 0 aliphatic heterocycles. The molecular formula is C13H16N4O. The molecule has 94 valence electrons. The lowest BCUT2D eigenvalue weighted by molar-refractivity contribution is 0.327. The van der Waals surface area contributed by atoms with E-state index in [0.29, 0.717) is 24.0 Å². The predicted octanol–water partition coefficient (Wildman–Crippen LogP) is 2.51. The van der Waals surface area contributed by atoms with Crippen molar-refractivity contribution < 1.29 is 4.74 Å². The molecule has 18 heavy (non-hydrogen) atoms. The van der Waals surface area contributed by atoms with Crippen molar-refractivity contribution in [3.8, 4) is 5.88 Å². The van der Waals surface area contributed by atoms with E-state index in [-0.39, 0.29) is 0 Å². The van der Waals surface area contributed by atoms with Gasteiger partial charge in [-0.05, 0) is 31.5 Å². The Kier molecular flexibility index (Phi) is 3.62. The first-order valence-corrected chi connectivity index (χ1v) is 5.77. The molecule has 2 heterocycles. The molecule has 5 nitrogen and oxygen atoms in total. The lowest BCUT2D eigenvalue weighted by atomic mass is 10.2. The van der Waals surface area contributed by atoms with Gasteiger partial charge < -0.3 is 15.8 Å². The van der Waals surface area contributed by atoms with E-state index in [9.17, 15) is 0 Å². The van der Waals surface area contributed by atoms with Gasteiger partial charge in [0.2, 0.25) is 5.88 Å². The summed E-state index contributed by atoms with van der Waals surface area (Å²) in [6.45, 7) is 4.47. The number of pyridine rings is 2. The van der Waals surface area contributed by atoms with Gasteiger partial charge in [0.15, 0.2) is 5.82 Å². The molecule has 0 radical (unpaired) electrons. The largest absolute Gasteiger partial charge is 0.478 e. The summed E-state index contributed by atoms with van der Waals surface area (Å²) in [5.74, 6) is 1.24. The second-order valence-corrected chi connectivity index (χ2v) is 3.83. The molecule has 0 aromatic carbocycles. The molecule has 0 unspecified atom stereocenters. The molecule has 2 rings (SSSR count). The predicted molar refractivity (Wildman–Crippen MR) is 72.1 cm³/mol. The van der Waals surface area contributed by atoms with Gasteiger partial charge in [-0.15, -0.1) is 0 Å². The Bertz CT molecular complexity index is 525. The van der Waals surface area contributed by atoms with Crippen LogP contribution in [-0.2, 0) is 0 Å². The first-order valence-electron chi connectivity index (χ1n) is 5.77. The lowest BCUT2D eigenvalue weighted by Crippen LogP contribution is -2.01. The molecule has 0 saturated heterocycles. The van der Waals surface area contributed by atoms with E-state index < -0.39 is 0 Å². The first kappa shape index (κ1) is 12.2. The Morgan fingerprint density at radius 3 is 2.78 bits per heavy atom. The summed E-state index contributed by atoms with van der Waals surface area (Å²) >= 11 is 0. The smallest absolute Gasteiger partial charge is 0.213 e. The molecular weight excluding hydrogens is 228 g/mol. The Balaban J connectivity index is 2.16. The zero-order valence-corrected chi connectivity index (χ0v) is 10.5. The van der Waals surface area contributed by atoms with Crippen molar-refractivity contribution >= 4 is 17.2 Å². The van der Waals surface area contributed by atoms with Crippen molar-refractivity contribution in [1.82, 2.24) is 9.97 Å². The number of nitrogens with zero attached hydrogens (tertiary/aromatic N) is 2. The van der Waals surface area contributed by atoms with Crippen LogP contribution in [0.5, 0.6) is 5.88 Å². The summed E-state index contributed by atoms with van der Waals surface area (Å²) in [6.07, 6.45) is 3.41. The molecule has 0 aliphatic rings. The number of ether oxygens (including phenoxy) is 1. The van der Waals surface area contributed by atoms with Crippen LogP contribution in [0, 0.1) is 6.92 Å². The van der Waals surface area contributed by atoms with Gasteiger partial charge in [0, 0.05) is 12.3 Å². The lowest BCUT2D eigenvalue weighted by Gasteiger charge is -2.10. The van der Waals surface area contributed by atoms with Gasteiger partial charge in [0.05, 0.1) is 24.2 Å². The van der Waals surface area contributed by atoms with E-state index in [1.165, 1.54) is 0 Å². The maximum Gasteiger partial charge on any atom is 0.213 e. The molecule has 0 fully saturated rings. The highest BCUT2D eigenvalue weighted by Crippen LogP contribution is 2.23. The average molecular weight is 244 g/mol. The standard InChI is InChI=1S/C13H16N4O/c1-3-18-11-5-4-10(8-16-11)17-13-12(14)9(2)6-7-15-13/h4-8H,3,14H2,1-2H3,(H,15,17). The maximum absolute atomic E-state index is 5.94. The normalized spacial score (nSPS) is 10.1. The van der Waals surface area contributed by atoms with Crippen LogP contribution in [0.15, 0.2) is 30.6 Å². The van der Waals surface area contributed by atoms with E-state index in [1.54, 1.807) is 18.5 Å². The summed E-state index contributed by atoms with van der Waals surface area (Å²) in [5, 5.41) is 3.13. The quantitative estimate of drug-likeness (QED) is 0.864. The monoisotopic (exact) mass is 244 g/mol.